The van der Waals surface area contributed by atoms with Crippen LogP contribution in [0.2, 0.25) is 0 Å². The second-order valence-corrected chi connectivity index (χ2v) is 4.32. The summed E-state index contributed by atoms with van der Waals surface area (Å²) in [6.07, 6.45) is 6.70. The first-order valence-electron chi connectivity index (χ1n) is 4.55. The van der Waals surface area contributed by atoms with Crippen molar-refractivity contribution in [2.45, 2.75) is 39.0 Å². The second kappa shape index (κ2) is 10.6. The standard InChI is InChI=1S/C9H19ClS/c1-2-3-4-5-8-11-9-6-7-10/h2-9H2,1H3. The van der Waals surface area contributed by atoms with Gasteiger partial charge in [-0.15, -0.1) is 11.6 Å². The van der Waals surface area contributed by atoms with E-state index in [1.165, 1.54) is 43.6 Å². The number of thioether (sulfide) groups is 1. The predicted octanol–water partition coefficient (Wildman–Crippen LogP) is 3.93. The molecule has 0 aromatic heterocycles. The van der Waals surface area contributed by atoms with Crippen LogP contribution in [0.25, 0.3) is 0 Å². The van der Waals surface area contributed by atoms with Gasteiger partial charge < -0.3 is 0 Å². The van der Waals surface area contributed by atoms with Crippen LogP contribution in [-0.2, 0) is 0 Å². The molecule has 0 aliphatic heterocycles. The topological polar surface area (TPSA) is 0 Å². The molecule has 0 aromatic rings. The molecule has 0 spiro atoms. The van der Waals surface area contributed by atoms with Gasteiger partial charge in [0.15, 0.2) is 0 Å². The Morgan fingerprint density at radius 1 is 1.00 bits per heavy atom. The summed E-state index contributed by atoms with van der Waals surface area (Å²) < 4.78 is 0. The third-order valence-corrected chi connectivity index (χ3v) is 2.99. The van der Waals surface area contributed by atoms with Gasteiger partial charge in [0.2, 0.25) is 0 Å². The molecule has 0 aliphatic carbocycles. The molecule has 0 nitrogen and oxygen atoms in total. The van der Waals surface area contributed by atoms with Crippen LogP contribution in [0.3, 0.4) is 0 Å². The molecule has 0 aromatic carbocycles. The molecule has 0 radical (unpaired) electrons. The Kier molecular flexibility index (Phi) is 11.3. The smallest absolute Gasteiger partial charge is 0.0231 e. The van der Waals surface area contributed by atoms with Crippen molar-refractivity contribution in [2.75, 3.05) is 17.4 Å². The van der Waals surface area contributed by atoms with Gasteiger partial charge in [0.25, 0.3) is 0 Å². The molecular weight excluding hydrogens is 176 g/mol. The molecule has 0 rings (SSSR count). The van der Waals surface area contributed by atoms with Crippen molar-refractivity contribution in [3.8, 4) is 0 Å². The van der Waals surface area contributed by atoms with Gasteiger partial charge in [0, 0.05) is 5.88 Å². The normalized spacial score (nSPS) is 10.4. The summed E-state index contributed by atoms with van der Waals surface area (Å²) in [7, 11) is 0. The molecule has 0 fully saturated rings. The molecular formula is C9H19ClS. The zero-order valence-corrected chi connectivity index (χ0v) is 9.02. The van der Waals surface area contributed by atoms with E-state index in [4.69, 9.17) is 11.6 Å². The van der Waals surface area contributed by atoms with Gasteiger partial charge in [-0.3, -0.25) is 0 Å². The van der Waals surface area contributed by atoms with Crippen molar-refractivity contribution < 1.29 is 0 Å². The van der Waals surface area contributed by atoms with Crippen LogP contribution in [0.5, 0.6) is 0 Å². The lowest BCUT2D eigenvalue weighted by Gasteiger charge is -1.98. The zero-order valence-electron chi connectivity index (χ0n) is 7.44. The summed E-state index contributed by atoms with van der Waals surface area (Å²) in [5, 5.41) is 0. The van der Waals surface area contributed by atoms with Crippen molar-refractivity contribution in [3.63, 3.8) is 0 Å². The van der Waals surface area contributed by atoms with Crippen molar-refractivity contribution in [1.29, 1.82) is 0 Å². The Balaban J connectivity index is 2.69. The van der Waals surface area contributed by atoms with E-state index >= 15 is 0 Å². The van der Waals surface area contributed by atoms with Crippen LogP contribution >= 0.6 is 23.4 Å². The summed E-state index contributed by atoms with van der Waals surface area (Å²) >= 11 is 7.59. The first kappa shape index (κ1) is 11.6. The summed E-state index contributed by atoms with van der Waals surface area (Å²) in [6.45, 7) is 2.25. The highest BCUT2D eigenvalue weighted by atomic mass is 35.5. The number of hydrogen-bond acceptors (Lipinski definition) is 1. The molecule has 68 valence electrons. The van der Waals surface area contributed by atoms with Gasteiger partial charge in [-0.05, 0) is 24.3 Å². The SMILES string of the molecule is CCCCCCSCCCCl. The molecule has 0 aliphatic rings. The molecule has 0 amide bonds. The van der Waals surface area contributed by atoms with Gasteiger partial charge in [-0.2, -0.15) is 11.8 Å². The highest BCUT2D eigenvalue weighted by molar-refractivity contribution is 7.99. The van der Waals surface area contributed by atoms with Gasteiger partial charge >= 0.3 is 0 Å². The van der Waals surface area contributed by atoms with Crippen molar-refractivity contribution >= 4 is 23.4 Å². The van der Waals surface area contributed by atoms with Gasteiger partial charge in [-0.25, -0.2) is 0 Å². The minimum Gasteiger partial charge on any atom is -0.162 e. The van der Waals surface area contributed by atoms with Crippen LogP contribution in [0, 0.1) is 0 Å². The van der Waals surface area contributed by atoms with Crippen molar-refractivity contribution in [3.05, 3.63) is 0 Å². The lowest BCUT2D eigenvalue weighted by atomic mass is 10.2. The molecule has 0 bridgehead atoms. The molecule has 11 heavy (non-hydrogen) atoms. The fourth-order valence-electron chi connectivity index (χ4n) is 0.890. The number of alkyl halides is 1. The molecule has 0 atom stereocenters. The number of halogens is 1. The average molecular weight is 195 g/mol. The van der Waals surface area contributed by atoms with Crippen LogP contribution in [0.4, 0.5) is 0 Å². The Morgan fingerprint density at radius 3 is 2.36 bits per heavy atom. The molecule has 0 saturated heterocycles. The van der Waals surface area contributed by atoms with E-state index in [0.717, 1.165) is 5.88 Å². The fourth-order valence-corrected chi connectivity index (χ4v) is 2.14. The van der Waals surface area contributed by atoms with E-state index in [1.807, 2.05) is 11.8 Å². The van der Waals surface area contributed by atoms with E-state index in [2.05, 4.69) is 6.92 Å². The summed E-state index contributed by atoms with van der Waals surface area (Å²) in [4.78, 5) is 0. The largest absolute Gasteiger partial charge is 0.162 e. The Morgan fingerprint density at radius 2 is 1.73 bits per heavy atom. The summed E-state index contributed by atoms with van der Waals surface area (Å²) in [5.41, 5.74) is 0. The van der Waals surface area contributed by atoms with Crippen molar-refractivity contribution in [1.82, 2.24) is 0 Å². The van der Waals surface area contributed by atoms with Crippen LogP contribution < -0.4 is 0 Å². The maximum atomic E-state index is 5.55. The van der Waals surface area contributed by atoms with E-state index in [9.17, 15) is 0 Å². The maximum absolute atomic E-state index is 5.55. The lowest BCUT2D eigenvalue weighted by Crippen LogP contribution is -1.85. The summed E-state index contributed by atoms with van der Waals surface area (Å²) in [6, 6.07) is 0. The summed E-state index contributed by atoms with van der Waals surface area (Å²) in [5.74, 6) is 3.40. The number of unbranched alkanes of at least 4 members (excludes halogenated alkanes) is 3. The highest BCUT2D eigenvalue weighted by Gasteiger charge is 1.89. The van der Waals surface area contributed by atoms with Crippen LogP contribution in [0.15, 0.2) is 0 Å². The lowest BCUT2D eigenvalue weighted by molar-refractivity contribution is 0.706. The van der Waals surface area contributed by atoms with E-state index in [-0.39, 0.29) is 0 Å². The first-order valence-corrected chi connectivity index (χ1v) is 6.24. The third kappa shape index (κ3) is 10.6. The van der Waals surface area contributed by atoms with Gasteiger partial charge in [0.1, 0.15) is 0 Å². The Bertz CT molecular complexity index is 58.6. The zero-order chi connectivity index (χ0) is 8.36. The van der Waals surface area contributed by atoms with Crippen LogP contribution in [-0.4, -0.2) is 17.4 Å². The van der Waals surface area contributed by atoms with Crippen LogP contribution in [0.1, 0.15) is 39.0 Å². The quantitative estimate of drug-likeness (QED) is 0.417. The van der Waals surface area contributed by atoms with Gasteiger partial charge in [-0.1, -0.05) is 26.2 Å². The Labute approximate surface area is 80.1 Å². The van der Waals surface area contributed by atoms with Gasteiger partial charge in [0.05, 0.1) is 0 Å². The molecule has 0 saturated carbocycles. The van der Waals surface area contributed by atoms with E-state index in [1.54, 1.807) is 0 Å². The molecule has 0 N–H and O–H groups in total. The average Bonchev–Trinajstić information content (AvgIpc) is 2.03. The predicted molar refractivity (Wildman–Crippen MR) is 56.8 cm³/mol. The minimum atomic E-state index is 0.821. The molecule has 0 heterocycles. The third-order valence-electron chi connectivity index (χ3n) is 1.56. The van der Waals surface area contributed by atoms with Crippen molar-refractivity contribution in [2.24, 2.45) is 0 Å². The maximum Gasteiger partial charge on any atom is 0.0231 e. The minimum absolute atomic E-state index is 0.821. The number of rotatable bonds is 8. The number of hydrogen-bond donors (Lipinski definition) is 0. The van der Waals surface area contributed by atoms with E-state index in [0.29, 0.717) is 0 Å². The Hall–Kier alpha value is 0.640. The molecule has 0 unspecified atom stereocenters. The first-order chi connectivity index (χ1) is 5.41. The highest BCUT2D eigenvalue weighted by Crippen LogP contribution is 2.08. The second-order valence-electron chi connectivity index (χ2n) is 2.72. The molecule has 2 heteroatoms. The monoisotopic (exact) mass is 194 g/mol. The van der Waals surface area contributed by atoms with E-state index < -0.39 is 0 Å². The fraction of sp³-hybridized carbons (Fsp3) is 1.00.